The van der Waals surface area contributed by atoms with Crippen molar-refractivity contribution in [2.45, 2.75) is 25.7 Å². The van der Waals surface area contributed by atoms with Gasteiger partial charge >= 0.3 is 5.69 Å². The number of fused-ring (bicyclic) bond motifs is 2. The molecule has 2 aliphatic heterocycles. The predicted octanol–water partition coefficient (Wildman–Crippen LogP) is 5.20. The molecule has 3 aromatic carbocycles. The molecule has 12 heteroatoms. The van der Waals surface area contributed by atoms with E-state index in [0.717, 1.165) is 32.5 Å². The third-order valence-electron chi connectivity index (χ3n) is 7.12. The van der Waals surface area contributed by atoms with E-state index in [0.29, 0.717) is 45.9 Å². The summed E-state index contributed by atoms with van der Waals surface area (Å²) in [4.78, 5) is 26.0. The smallest absolute Gasteiger partial charge is 0.310 e. The fraction of sp³-hybridized carbons (Fsp3) is 0.321. The summed E-state index contributed by atoms with van der Waals surface area (Å²) >= 11 is 0. The minimum atomic E-state index is -3.55. The third kappa shape index (κ3) is 6.18. The second-order valence-corrected chi connectivity index (χ2v) is 11.8. The van der Waals surface area contributed by atoms with Crippen LogP contribution in [0.3, 0.4) is 0 Å². The summed E-state index contributed by atoms with van der Waals surface area (Å²) in [6.45, 7) is 2.81. The van der Waals surface area contributed by atoms with Gasteiger partial charge in [0.05, 0.1) is 46.1 Å². The number of carbonyl (C=O) groups is 1. The van der Waals surface area contributed by atoms with Gasteiger partial charge in [-0.15, -0.1) is 0 Å². The van der Waals surface area contributed by atoms with Gasteiger partial charge in [0.2, 0.25) is 10.0 Å². The topological polar surface area (TPSA) is 143 Å². The molecule has 2 aliphatic rings. The highest BCUT2D eigenvalue weighted by Gasteiger charge is 2.22. The molecule has 0 radical (unpaired) electrons. The maximum atomic E-state index is 12.9. The van der Waals surface area contributed by atoms with Crippen LogP contribution in [-0.2, 0) is 10.0 Å². The summed E-state index contributed by atoms with van der Waals surface area (Å²) < 4.78 is 33.4. The lowest BCUT2D eigenvalue weighted by Gasteiger charge is -2.26. The van der Waals surface area contributed by atoms with Crippen LogP contribution in [0.25, 0.3) is 11.1 Å². The maximum Gasteiger partial charge on any atom is 0.310 e. The average Bonchev–Trinajstić information content (AvgIpc) is 3.07. The lowest BCUT2D eigenvalue weighted by molar-refractivity contribution is -0.385. The summed E-state index contributed by atoms with van der Waals surface area (Å²) in [5.74, 6) is -0.170. The second kappa shape index (κ2) is 11.5. The molecule has 0 unspecified atom stereocenters. The third-order valence-corrected chi connectivity index (χ3v) is 8.49. The summed E-state index contributed by atoms with van der Waals surface area (Å²) in [6, 6.07) is 14.7. The largest absolute Gasteiger partial charge is 0.490 e. The Bertz CT molecular complexity index is 1550. The van der Waals surface area contributed by atoms with E-state index in [4.69, 9.17) is 4.74 Å². The molecule has 0 saturated carbocycles. The van der Waals surface area contributed by atoms with Crippen LogP contribution in [0.2, 0.25) is 0 Å². The van der Waals surface area contributed by atoms with Gasteiger partial charge in [-0.1, -0.05) is 12.5 Å². The van der Waals surface area contributed by atoms with Gasteiger partial charge in [0, 0.05) is 6.07 Å². The molecule has 210 valence electrons. The van der Waals surface area contributed by atoms with Crippen LogP contribution in [0.1, 0.15) is 36.0 Å². The molecule has 40 heavy (non-hydrogen) atoms. The molecule has 3 aromatic rings. The number of sulfonamides is 1. The van der Waals surface area contributed by atoms with E-state index in [-0.39, 0.29) is 23.1 Å². The van der Waals surface area contributed by atoms with Crippen molar-refractivity contribution in [3.05, 3.63) is 70.3 Å². The molecular weight excluding hydrogens is 534 g/mol. The Kier molecular flexibility index (Phi) is 7.90. The minimum absolute atomic E-state index is 0.0235. The Balaban J connectivity index is 1.35. The van der Waals surface area contributed by atoms with E-state index < -0.39 is 14.9 Å². The molecule has 0 bridgehead atoms. The number of rotatable bonds is 9. The second-order valence-electron chi connectivity index (χ2n) is 9.92. The van der Waals surface area contributed by atoms with Gasteiger partial charge in [-0.3, -0.25) is 19.6 Å². The van der Waals surface area contributed by atoms with Gasteiger partial charge in [0.15, 0.2) is 5.75 Å². The summed E-state index contributed by atoms with van der Waals surface area (Å²) in [7, 11) is -2.19. The first-order valence-corrected chi connectivity index (χ1v) is 14.8. The zero-order chi connectivity index (χ0) is 28.3. The van der Waals surface area contributed by atoms with Crippen LogP contribution >= 0.6 is 0 Å². The van der Waals surface area contributed by atoms with Crippen molar-refractivity contribution in [2.24, 2.45) is 0 Å². The molecule has 0 aliphatic carbocycles. The normalized spacial score (nSPS) is 15.2. The Morgan fingerprint density at radius 3 is 2.45 bits per heavy atom. The highest BCUT2D eigenvalue weighted by molar-refractivity contribution is 7.92. The van der Waals surface area contributed by atoms with Crippen molar-refractivity contribution < 1.29 is 22.9 Å². The van der Waals surface area contributed by atoms with Gasteiger partial charge in [0.1, 0.15) is 0 Å². The van der Waals surface area contributed by atoms with Crippen LogP contribution in [0.5, 0.6) is 5.75 Å². The molecule has 1 fully saturated rings. The molecule has 0 atom stereocenters. The molecule has 0 spiro atoms. The SMILES string of the molecule is COc1cc(-c2ccc3c(c2)Nc2cc(NS(=O)(=O)CCCN4CCCCC4)ccc2NC3=O)ccc1[N+](=O)[O-]. The van der Waals surface area contributed by atoms with Crippen molar-refractivity contribution in [1.29, 1.82) is 0 Å². The molecule has 5 rings (SSSR count). The highest BCUT2D eigenvalue weighted by Crippen LogP contribution is 2.38. The predicted molar refractivity (Wildman–Crippen MR) is 155 cm³/mol. The molecular formula is C28H31N5O6S. The molecule has 1 amide bonds. The number of nitro benzene ring substituents is 1. The average molecular weight is 566 g/mol. The number of methoxy groups -OCH3 is 1. The Morgan fingerprint density at radius 2 is 1.70 bits per heavy atom. The minimum Gasteiger partial charge on any atom is -0.490 e. The van der Waals surface area contributed by atoms with Gasteiger partial charge < -0.3 is 20.3 Å². The number of nitro groups is 1. The van der Waals surface area contributed by atoms with Crippen molar-refractivity contribution in [2.75, 3.05) is 47.9 Å². The fourth-order valence-corrected chi connectivity index (χ4v) is 6.18. The van der Waals surface area contributed by atoms with E-state index in [2.05, 4.69) is 20.3 Å². The number of hydrogen-bond acceptors (Lipinski definition) is 8. The van der Waals surface area contributed by atoms with Gasteiger partial charge in [0.25, 0.3) is 5.91 Å². The monoisotopic (exact) mass is 565 g/mol. The van der Waals surface area contributed by atoms with Crippen LogP contribution < -0.4 is 20.1 Å². The molecule has 3 N–H and O–H groups in total. The highest BCUT2D eigenvalue weighted by atomic mass is 32.2. The lowest BCUT2D eigenvalue weighted by Crippen LogP contribution is -2.32. The molecule has 2 heterocycles. The molecule has 1 saturated heterocycles. The van der Waals surface area contributed by atoms with Crippen molar-refractivity contribution in [1.82, 2.24) is 4.90 Å². The zero-order valence-corrected chi connectivity index (χ0v) is 22.9. The molecule has 11 nitrogen and oxygen atoms in total. The number of likely N-dealkylation sites (tertiary alicyclic amines) is 1. The first-order valence-electron chi connectivity index (χ1n) is 13.1. The maximum absolute atomic E-state index is 12.9. The number of carbonyl (C=O) groups excluding carboxylic acids is 1. The number of benzene rings is 3. The summed E-state index contributed by atoms with van der Waals surface area (Å²) in [5.41, 5.74) is 3.56. The van der Waals surface area contributed by atoms with E-state index in [1.165, 1.54) is 19.6 Å². The van der Waals surface area contributed by atoms with Crippen LogP contribution in [0, 0.1) is 10.1 Å². The number of nitrogens with one attached hydrogen (secondary N) is 3. The Morgan fingerprint density at radius 1 is 0.950 bits per heavy atom. The van der Waals surface area contributed by atoms with Crippen molar-refractivity contribution in [3.8, 4) is 16.9 Å². The summed E-state index contributed by atoms with van der Waals surface area (Å²) in [6.07, 6.45) is 4.12. The lowest BCUT2D eigenvalue weighted by atomic mass is 10.0. The first-order chi connectivity index (χ1) is 19.2. The number of nitrogens with zero attached hydrogens (tertiary/aromatic N) is 2. The standard InChI is InChI=1S/C28H31N5O6S/c1-39-27-17-20(7-11-26(27)33(35)36)19-6-9-22-24(16-19)29-25-18-21(8-10-23(25)30-28(22)34)31-40(37,38)15-5-14-32-12-3-2-4-13-32/h6-11,16-18,29,31H,2-5,12-15H2,1H3,(H,30,34). The summed E-state index contributed by atoms with van der Waals surface area (Å²) in [5, 5.41) is 17.4. The Hall–Kier alpha value is -4.16. The first kappa shape index (κ1) is 27.4. The van der Waals surface area contributed by atoms with Crippen LogP contribution in [0.4, 0.5) is 28.4 Å². The van der Waals surface area contributed by atoms with Crippen LogP contribution in [0.15, 0.2) is 54.6 Å². The number of amides is 1. The van der Waals surface area contributed by atoms with Crippen LogP contribution in [-0.4, -0.2) is 56.6 Å². The quantitative estimate of drug-likeness (QED) is 0.237. The number of hydrogen-bond donors (Lipinski definition) is 3. The number of ether oxygens (including phenoxy) is 1. The van der Waals surface area contributed by atoms with E-state index in [9.17, 15) is 23.3 Å². The van der Waals surface area contributed by atoms with Crippen molar-refractivity contribution >= 4 is 44.4 Å². The van der Waals surface area contributed by atoms with Gasteiger partial charge in [-0.05, 0) is 92.5 Å². The molecule has 0 aromatic heterocycles. The van der Waals surface area contributed by atoms with E-state index >= 15 is 0 Å². The van der Waals surface area contributed by atoms with Crippen molar-refractivity contribution in [3.63, 3.8) is 0 Å². The van der Waals surface area contributed by atoms with Gasteiger partial charge in [-0.2, -0.15) is 0 Å². The number of anilines is 4. The van der Waals surface area contributed by atoms with Gasteiger partial charge in [-0.25, -0.2) is 8.42 Å². The number of piperidine rings is 1. The zero-order valence-electron chi connectivity index (χ0n) is 22.1. The van der Waals surface area contributed by atoms with E-state index in [1.54, 1.807) is 48.5 Å². The fourth-order valence-electron chi connectivity index (χ4n) is 5.08. The van der Waals surface area contributed by atoms with E-state index in [1.807, 2.05) is 0 Å². The Labute approximate surface area is 232 Å².